The Morgan fingerprint density at radius 2 is 1.88 bits per heavy atom. The highest BCUT2D eigenvalue weighted by Gasteiger charge is 2.31. The number of carbonyl (C=O) groups excluding carboxylic acids is 1. The van der Waals surface area contributed by atoms with Crippen LogP contribution in [0.4, 0.5) is 0 Å². The predicted octanol–water partition coefficient (Wildman–Crippen LogP) is 3.22. The van der Waals surface area contributed by atoms with Crippen molar-refractivity contribution in [2.75, 3.05) is 39.3 Å². The summed E-state index contributed by atoms with van der Waals surface area (Å²) >= 11 is 0. The second kappa shape index (κ2) is 9.67. The van der Waals surface area contributed by atoms with Gasteiger partial charge in [0.05, 0.1) is 12.2 Å². The fourth-order valence-electron chi connectivity index (χ4n) is 5.79. The average molecular weight is 434 g/mol. The van der Waals surface area contributed by atoms with Crippen molar-refractivity contribution < 1.29 is 4.79 Å². The molecule has 1 aliphatic carbocycles. The van der Waals surface area contributed by atoms with Crippen molar-refractivity contribution in [2.45, 2.75) is 51.6 Å². The zero-order valence-corrected chi connectivity index (χ0v) is 19.2. The molecule has 3 aliphatic rings. The molecule has 1 aromatic carbocycles. The highest BCUT2D eigenvalue weighted by molar-refractivity contribution is 5.78. The van der Waals surface area contributed by atoms with Gasteiger partial charge in [-0.05, 0) is 54.5 Å². The maximum Gasteiger partial charge on any atom is 0.236 e. The molecule has 6 nitrogen and oxygen atoms in total. The van der Waals surface area contributed by atoms with Gasteiger partial charge >= 0.3 is 0 Å². The Bertz CT molecular complexity index is 925. The van der Waals surface area contributed by atoms with Gasteiger partial charge < -0.3 is 4.90 Å². The molecular weight excluding hydrogens is 398 g/mol. The first-order valence-electron chi connectivity index (χ1n) is 12.3. The normalized spacial score (nSPS) is 24.8. The topological polar surface area (TPSA) is 52.6 Å². The van der Waals surface area contributed by atoms with Crippen LogP contribution in [0, 0.1) is 5.92 Å². The van der Waals surface area contributed by atoms with E-state index in [1.165, 1.54) is 36.8 Å². The van der Waals surface area contributed by atoms with Crippen LogP contribution in [0.25, 0.3) is 11.3 Å². The van der Waals surface area contributed by atoms with Gasteiger partial charge in [0.1, 0.15) is 0 Å². The number of benzene rings is 1. The molecule has 2 fully saturated rings. The number of hydrogen-bond donors (Lipinski definition) is 0. The van der Waals surface area contributed by atoms with E-state index in [0.717, 1.165) is 68.9 Å². The standard InChI is InChI=1S/C26H35N5O/c1-20-5-2-3-7-25(20)30-13-15-31(16-14-30)26(32)19-29-12-10-21-17-22(8-9-23(21)18-29)24-6-4-11-27-28-24/h4,6,8-9,11,17,20,25H,2-3,5,7,10,12-16,18-19H2,1H3. The lowest BCUT2D eigenvalue weighted by molar-refractivity contribution is -0.135. The van der Waals surface area contributed by atoms with E-state index in [-0.39, 0.29) is 0 Å². The molecule has 0 radical (unpaired) electrons. The van der Waals surface area contributed by atoms with Crippen LogP contribution in [0.2, 0.25) is 0 Å². The van der Waals surface area contributed by atoms with Crippen LogP contribution >= 0.6 is 0 Å². The van der Waals surface area contributed by atoms with Gasteiger partial charge in [-0.15, -0.1) is 0 Å². The summed E-state index contributed by atoms with van der Waals surface area (Å²) in [5.74, 6) is 1.09. The van der Waals surface area contributed by atoms with Crippen molar-refractivity contribution in [3.63, 3.8) is 0 Å². The van der Waals surface area contributed by atoms with Gasteiger partial charge in [0.25, 0.3) is 0 Å². The number of hydrogen-bond acceptors (Lipinski definition) is 5. The average Bonchev–Trinajstić information content (AvgIpc) is 2.85. The van der Waals surface area contributed by atoms with Gasteiger partial charge in [-0.25, -0.2) is 0 Å². The molecule has 0 spiro atoms. The van der Waals surface area contributed by atoms with E-state index in [9.17, 15) is 4.79 Å². The highest BCUT2D eigenvalue weighted by atomic mass is 16.2. The Morgan fingerprint density at radius 3 is 2.66 bits per heavy atom. The summed E-state index contributed by atoms with van der Waals surface area (Å²) in [4.78, 5) is 20.1. The number of piperazine rings is 1. The smallest absolute Gasteiger partial charge is 0.236 e. The van der Waals surface area contributed by atoms with Crippen LogP contribution in [0.1, 0.15) is 43.7 Å². The van der Waals surface area contributed by atoms with E-state index in [1.54, 1.807) is 6.20 Å². The summed E-state index contributed by atoms with van der Waals surface area (Å²) < 4.78 is 0. The molecule has 2 aliphatic heterocycles. The third-order valence-corrected chi connectivity index (χ3v) is 7.73. The van der Waals surface area contributed by atoms with E-state index >= 15 is 0 Å². The van der Waals surface area contributed by atoms with Crippen molar-refractivity contribution in [3.05, 3.63) is 47.7 Å². The van der Waals surface area contributed by atoms with Gasteiger partial charge in [-0.2, -0.15) is 10.2 Å². The van der Waals surface area contributed by atoms with E-state index in [0.29, 0.717) is 12.5 Å². The lowest BCUT2D eigenvalue weighted by atomic mass is 9.84. The minimum Gasteiger partial charge on any atom is -0.339 e. The van der Waals surface area contributed by atoms with Crippen molar-refractivity contribution in [3.8, 4) is 11.3 Å². The Morgan fingerprint density at radius 1 is 1.03 bits per heavy atom. The van der Waals surface area contributed by atoms with Crippen LogP contribution in [-0.2, 0) is 17.8 Å². The first-order chi connectivity index (χ1) is 15.7. The van der Waals surface area contributed by atoms with Crippen LogP contribution in [0.15, 0.2) is 36.5 Å². The number of nitrogens with zero attached hydrogens (tertiary/aromatic N) is 5. The Balaban J connectivity index is 1.14. The molecule has 170 valence electrons. The second-order valence-electron chi connectivity index (χ2n) is 9.80. The van der Waals surface area contributed by atoms with Crippen LogP contribution in [0.3, 0.4) is 0 Å². The zero-order chi connectivity index (χ0) is 21.9. The SMILES string of the molecule is CC1CCCCC1N1CCN(C(=O)CN2CCc3cc(-c4cccnn4)ccc3C2)CC1. The van der Waals surface area contributed by atoms with E-state index in [4.69, 9.17) is 0 Å². The second-order valence-corrected chi connectivity index (χ2v) is 9.80. The maximum absolute atomic E-state index is 13.0. The number of rotatable bonds is 4. The molecule has 32 heavy (non-hydrogen) atoms. The largest absolute Gasteiger partial charge is 0.339 e. The Kier molecular flexibility index (Phi) is 6.51. The van der Waals surface area contributed by atoms with Crippen LogP contribution in [0.5, 0.6) is 0 Å². The molecule has 1 aromatic heterocycles. The summed E-state index contributed by atoms with van der Waals surface area (Å²) in [5.41, 5.74) is 4.72. The molecular formula is C26H35N5O. The molecule has 1 saturated carbocycles. The minimum absolute atomic E-state index is 0.293. The molecule has 1 saturated heterocycles. The van der Waals surface area contributed by atoms with Crippen molar-refractivity contribution in [1.82, 2.24) is 24.9 Å². The zero-order valence-electron chi connectivity index (χ0n) is 19.2. The van der Waals surface area contributed by atoms with E-state index < -0.39 is 0 Å². The number of aromatic nitrogens is 2. The fourth-order valence-corrected chi connectivity index (χ4v) is 5.79. The minimum atomic E-state index is 0.293. The van der Waals surface area contributed by atoms with Crippen LogP contribution in [-0.4, -0.2) is 76.1 Å². The number of fused-ring (bicyclic) bond motifs is 1. The lowest BCUT2D eigenvalue weighted by Crippen LogP contribution is -2.55. The number of amides is 1. The van der Waals surface area contributed by atoms with Gasteiger partial charge in [0.2, 0.25) is 5.91 Å². The molecule has 1 amide bonds. The molecule has 0 bridgehead atoms. The van der Waals surface area contributed by atoms with Gasteiger partial charge in [0, 0.05) is 57.1 Å². The van der Waals surface area contributed by atoms with Gasteiger partial charge in [-0.1, -0.05) is 31.9 Å². The van der Waals surface area contributed by atoms with Crippen LogP contribution < -0.4 is 0 Å². The van der Waals surface area contributed by atoms with Gasteiger partial charge in [0.15, 0.2) is 0 Å². The molecule has 2 unspecified atom stereocenters. The predicted molar refractivity (Wildman–Crippen MR) is 126 cm³/mol. The van der Waals surface area contributed by atoms with Gasteiger partial charge in [-0.3, -0.25) is 14.6 Å². The summed E-state index contributed by atoms with van der Waals surface area (Å²) in [6.07, 6.45) is 8.13. The first kappa shape index (κ1) is 21.5. The molecule has 3 heterocycles. The molecule has 5 rings (SSSR count). The summed E-state index contributed by atoms with van der Waals surface area (Å²) in [5, 5.41) is 8.22. The van der Waals surface area contributed by atoms with Crippen molar-refractivity contribution >= 4 is 5.91 Å². The summed E-state index contributed by atoms with van der Waals surface area (Å²) in [6, 6.07) is 11.2. The van der Waals surface area contributed by atoms with Crippen molar-refractivity contribution in [1.29, 1.82) is 0 Å². The molecule has 2 aromatic rings. The fraction of sp³-hybridized carbons (Fsp3) is 0.577. The van der Waals surface area contributed by atoms with Crippen molar-refractivity contribution in [2.24, 2.45) is 5.92 Å². The quantitative estimate of drug-likeness (QED) is 0.741. The molecule has 2 atom stereocenters. The Hall–Kier alpha value is -2.31. The number of carbonyl (C=O) groups is 1. The monoisotopic (exact) mass is 433 g/mol. The maximum atomic E-state index is 13.0. The van der Waals surface area contributed by atoms with E-state index in [1.807, 2.05) is 12.1 Å². The highest BCUT2D eigenvalue weighted by Crippen LogP contribution is 2.29. The Labute approximate surface area is 191 Å². The summed E-state index contributed by atoms with van der Waals surface area (Å²) in [6.45, 7) is 8.56. The molecule has 0 N–H and O–H groups in total. The summed E-state index contributed by atoms with van der Waals surface area (Å²) in [7, 11) is 0. The van der Waals surface area contributed by atoms with E-state index in [2.05, 4.69) is 50.0 Å². The third kappa shape index (κ3) is 4.71. The first-order valence-corrected chi connectivity index (χ1v) is 12.3. The third-order valence-electron chi connectivity index (χ3n) is 7.73. The molecule has 6 heteroatoms. The lowest BCUT2D eigenvalue weighted by Gasteiger charge is -2.43.